The van der Waals surface area contributed by atoms with Crippen LogP contribution in [0.5, 0.6) is 0 Å². The Morgan fingerprint density at radius 1 is 1.12 bits per heavy atom. The molecule has 0 saturated heterocycles. The molecule has 2 heterocycles. The van der Waals surface area contributed by atoms with Crippen LogP contribution in [0, 0.1) is 18.6 Å². The molecule has 1 unspecified atom stereocenters. The zero-order valence-electron chi connectivity index (χ0n) is 13.4. The fourth-order valence-electron chi connectivity index (χ4n) is 2.42. The average Bonchev–Trinajstić information content (AvgIpc) is 2.60. The van der Waals surface area contributed by atoms with Gasteiger partial charge in [-0.2, -0.15) is 0 Å². The zero-order valence-corrected chi connectivity index (χ0v) is 13.4. The molecule has 0 aliphatic heterocycles. The second-order valence-electron chi connectivity index (χ2n) is 5.49. The second kappa shape index (κ2) is 7.31. The molecule has 0 aliphatic carbocycles. The lowest BCUT2D eigenvalue weighted by Crippen LogP contribution is -2.16. The number of aryl methyl sites for hydroxylation is 1. The highest BCUT2D eigenvalue weighted by atomic mass is 19.1. The van der Waals surface area contributed by atoms with E-state index in [0.29, 0.717) is 17.3 Å². The van der Waals surface area contributed by atoms with Gasteiger partial charge >= 0.3 is 0 Å². The molecule has 5 nitrogen and oxygen atoms in total. The van der Waals surface area contributed by atoms with Gasteiger partial charge in [0.1, 0.15) is 23.6 Å². The van der Waals surface area contributed by atoms with Gasteiger partial charge in [0.15, 0.2) is 5.82 Å². The number of rotatable bonds is 5. The van der Waals surface area contributed by atoms with Crippen molar-refractivity contribution in [1.82, 2.24) is 15.0 Å². The van der Waals surface area contributed by atoms with Gasteiger partial charge in [-0.25, -0.2) is 18.7 Å². The Bertz CT molecular complexity index is 854. The molecular formula is C18H16F2N4O. The molecule has 0 bridgehead atoms. The molecule has 3 rings (SSSR count). The summed E-state index contributed by atoms with van der Waals surface area (Å²) in [7, 11) is 0. The first kappa shape index (κ1) is 16.9. The SMILES string of the molecule is Cc1cc(NCC(O)c2c(F)cccc2F)nc(-c2cccnc2)n1. The Balaban J connectivity index is 1.78. The van der Waals surface area contributed by atoms with Crippen molar-refractivity contribution < 1.29 is 13.9 Å². The van der Waals surface area contributed by atoms with E-state index in [1.165, 1.54) is 6.07 Å². The molecule has 128 valence electrons. The normalized spacial score (nSPS) is 12.0. The topological polar surface area (TPSA) is 70.9 Å². The minimum atomic E-state index is -1.35. The maximum Gasteiger partial charge on any atom is 0.163 e. The van der Waals surface area contributed by atoms with E-state index < -0.39 is 17.7 Å². The van der Waals surface area contributed by atoms with Crippen LogP contribution in [0.15, 0.2) is 48.8 Å². The van der Waals surface area contributed by atoms with Gasteiger partial charge in [0, 0.05) is 36.3 Å². The highest BCUT2D eigenvalue weighted by Crippen LogP contribution is 2.22. The third-order valence-electron chi connectivity index (χ3n) is 3.58. The predicted octanol–water partition coefficient (Wildman–Crippen LogP) is 3.27. The van der Waals surface area contributed by atoms with Gasteiger partial charge in [0.25, 0.3) is 0 Å². The number of pyridine rings is 1. The van der Waals surface area contributed by atoms with E-state index in [2.05, 4.69) is 20.3 Å². The summed E-state index contributed by atoms with van der Waals surface area (Å²) in [6, 6.07) is 8.76. The van der Waals surface area contributed by atoms with Crippen molar-refractivity contribution >= 4 is 5.82 Å². The minimum Gasteiger partial charge on any atom is -0.386 e. The molecule has 3 aromatic rings. The largest absolute Gasteiger partial charge is 0.386 e. The third kappa shape index (κ3) is 3.95. The Morgan fingerprint density at radius 2 is 1.88 bits per heavy atom. The van der Waals surface area contributed by atoms with E-state index in [9.17, 15) is 13.9 Å². The Hall–Kier alpha value is -2.93. The molecule has 0 radical (unpaired) electrons. The number of aromatic nitrogens is 3. The number of anilines is 1. The lowest BCUT2D eigenvalue weighted by molar-refractivity contribution is 0.181. The van der Waals surface area contributed by atoms with E-state index in [1.807, 2.05) is 6.07 Å². The average molecular weight is 342 g/mol. The van der Waals surface area contributed by atoms with Crippen LogP contribution in [0.3, 0.4) is 0 Å². The number of nitrogens with zero attached hydrogens (tertiary/aromatic N) is 3. The molecule has 0 saturated carbocycles. The Labute approximate surface area is 143 Å². The number of hydrogen-bond donors (Lipinski definition) is 2. The Kier molecular flexibility index (Phi) is 4.95. The predicted molar refractivity (Wildman–Crippen MR) is 89.8 cm³/mol. The van der Waals surface area contributed by atoms with Crippen LogP contribution in [0.2, 0.25) is 0 Å². The zero-order chi connectivity index (χ0) is 17.8. The highest BCUT2D eigenvalue weighted by molar-refractivity contribution is 5.56. The quantitative estimate of drug-likeness (QED) is 0.745. The third-order valence-corrected chi connectivity index (χ3v) is 3.58. The van der Waals surface area contributed by atoms with Crippen molar-refractivity contribution in [1.29, 1.82) is 0 Å². The summed E-state index contributed by atoms with van der Waals surface area (Å²) < 4.78 is 27.4. The summed E-state index contributed by atoms with van der Waals surface area (Å²) in [6.45, 7) is 1.71. The van der Waals surface area contributed by atoms with Crippen LogP contribution in [0.25, 0.3) is 11.4 Å². The number of aliphatic hydroxyl groups excluding tert-OH is 1. The number of halogens is 2. The number of aliphatic hydroxyl groups is 1. The summed E-state index contributed by atoms with van der Waals surface area (Å²) in [4.78, 5) is 12.7. The number of nitrogens with one attached hydrogen (secondary N) is 1. The molecule has 25 heavy (non-hydrogen) atoms. The molecule has 1 atom stereocenters. The van der Waals surface area contributed by atoms with E-state index in [1.54, 1.807) is 31.5 Å². The molecular weight excluding hydrogens is 326 g/mol. The molecule has 0 fully saturated rings. The molecule has 2 N–H and O–H groups in total. The molecule has 0 spiro atoms. The first-order valence-corrected chi connectivity index (χ1v) is 7.66. The van der Waals surface area contributed by atoms with Gasteiger partial charge in [-0.1, -0.05) is 6.07 Å². The molecule has 0 amide bonds. The molecule has 2 aromatic heterocycles. The summed E-state index contributed by atoms with van der Waals surface area (Å²) >= 11 is 0. The van der Waals surface area contributed by atoms with Crippen molar-refractivity contribution in [3.63, 3.8) is 0 Å². The minimum absolute atomic E-state index is 0.0964. The van der Waals surface area contributed by atoms with Crippen molar-refractivity contribution in [2.24, 2.45) is 0 Å². The molecule has 1 aromatic carbocycles. The molecule has 7 heteroatoms. The number of benzene rings is 1. The maximum absolute atomic E-state index is 13.7. The van der Waals surface area contributed by atoms with Gasteiger partial charge < -0.3 is 10.4 Å². The smallest absolute Gasteiger partial charge is 0.163 e. The van der Waals surface area contributed by atoms with E-state index in [4.69, 9.17) is 0 Å². The fourth-order valence-corrected chi connectivity index (χ4v) is 2.42. The lowest BCUT2D eigenvalue weighted by atomic mass is 10.1. The van der Waals surface area contributed by atoms with Crippen LogP contribution in [0.4, 0.5) is 14.6 Å². The first-order valence-electron chi connectivity index (χ1n) is 7.66. The summed E-state index contributed by atoms with van der Waals surface area (Å²) in [6.07, 6.45) is 1.94. The van der Waals surface area contributed by atoms with Crippen LogP contribution in [0.1, 0.15) is 17.4 Å². The lowest BCUT2D eigenvalue weighted by Gasteiger charge is -2.15. The van der Waals surface area contributed by atoms with Gasteiger partial charge in [0.05, 0.1) is 5.56 Å². The molecule has 0 aliphatic rings. The van der Waals surface area contributed by atoms with Crippen molar-refractivity contribution in [2.75, 3.05) is 11.9 Å². The van der Waals surface area contributed by atoms with Crippen LogP contribution in [-0.2, 0) is 0 Å². The van der Waals surface area contributed by atoms with Gasteiger partial charge in [-0.3, -0.25) is 4.98 Å². The van der Waals surface area contributed by atoms with E-state index >= 15 is 0 Å². The van der Waals surface area contributed by atoms with Crippen molar-refractivity contribution in [3.8, 4) is 11.4 Å². The van der Waals surface area contributed by atoms with Crippen LogP contribution in [-0.4, -0.2) is 26.6 Å². The Morgan fingerprint density at radius 3 is 2.56 bits per heavy atom. The van der Waals surface area contributed by atoms with Crippen molar-refractivity contribution in [2.45, 2.75) is 13.0 Å². The van der Waals surface area contributed by atoms with Gasteiger partial charge in [0.2, 0.25) is 0 Å². The summed E-state index contributed by atoms with van der Waals surface area (Å²) in [5.74, 6) is -0.655. The first-order chi connectivity index (χ1) is 12.0. The van der Waals surface area contributed by atoms with E-state index in [-0.39, 0.29) is 12.1 Å². The van der Waals surface area contributed by atoms with Crippen LogP contribution < -0.4 is 5.32 Å². The second-order valence-corrected chi connectivity index (χ2v) is 5.49. The van der Waals surface area contributed by atoms with Crippen LogP contribution >= 0.6 is 0 Å². The summed E-state index contributed by atoms with van der Waals surface area (Å²) in [5.41, 5.74) is 1.09. The van der Waals surface area contributed by atoms with Gasteiger partial charge in [-0.15, -0.1) is 0 Å². The standard InChI is InChI=1S/C18H16F2N4O/c1-11-8-16(24-18(23-11)12-4-3-7-21-9-12)22-10-15(25)17-13(19)5-2-6-14(17)20/h2-9,15,25H,10H2,1H3,(H,22,23,24). The highest BCUT2D eigenvalue weighted by Gasteiger charge is 2.18. The van der Waals surface area contributed by atoms with E-state index in [0.717, 1.165) is 17.7 Å². The number of hydrogen-bond acceptors (Lipinski definition) is 5. The van der Waals surface area contributed by atoms with Gasteiger partial charge in [-0.05, 0) is 31.2 Å². The monoisotopic (exact) mass is 342 g/mol. The summed E-state index contributed by atoms with van der Waals surface area (Å²) in [5, 5.41) is 13.0. The van der Waals surface area contributed by atoms with Crippen molar-refractivity contribution in [3.05, 3.63) is 71.7 Å². The maximum atomic E-state index is 13.7. The fraction of sp³-hybridized carbons (Fsp3) is 0.167.